The number of rotatable bonds is 7. The Kier molecular flexibility index (Phi) is 5.07. The highest BCUT2D eigenvalue weighted by Crippen LogP contribution is 2.27. The van der Waals surface area contributed by atoms with Gasteiger partial charge in [-0.1, -0.05) is 54.2 Å². The summed E-state index contributed by atoms with van der Waals surface area (Å²) < 4.78 is 4.52. The number of benzene rings is 2. The van der Waals surface area contributed by atoms with Crippen molar-refractivity contribution in [1.29, 1.82) is 0 Å². The molecule has 5 heteroatoms. The zero-order chi connectivity index (χ0) is 17.8. The van der Waals surface area contributed by atoms with Crippen LogP contribution in [0.1, 0.15) is 18.3 Å². The largest absolute Gasteiger partial charge is 0.335 e. The molecule has 0 radical (unpaired) electrons. The fraction of sp³-hybridized carbons (Fsp3) is 0.238. The van der Waals surface area contributed by atoms with Gasteiger partial charge in [0.15, 0.2) is 5.16 Å². The van der Waals surface area contributed by atoms with Gasteiger partial charge in [-0.25, -0.2) is 9.97 Å². The van der Waals surface area contributed by atoms with Crippen molar-refractivity contribution in [3.8, 4) is 0 Å². The van der Waals surface area contributed by atoms with E-state index in [1.54, 1.807) is 11.8 Å². The summed E-state index contributed by atoms with van der Waals surface area (Å²) in [5, 5.41) is 1.06. The van der Waals surface area contributed by atoms with Crippen molar-refractivity contribution < 1.29 is 0 Å². The highest BCUT2D eigenvalue weighted by Gasteiger charge is 2.12. The first-order valence-electron chi connectivity index (χ1n) is 8.97. The average molecular weight is 363 g/mol. The van der Waals surface area contributed by atoms with Gasteiger partial charge in [-0.05, 0) is 31.0 Å². The molecule has 0 saturated heterocycles. The average Bonchev–Trinajstić information content (AvgIpc) is 3.29. The van der Waals surface area contributed by atoms with E-state index in [0.717, 1.165) is 41.8 Å². The number of imidazole rings is 2. The van der Waals surface area contributed by atoms with Crippen LogP contribution in [0.25, 0.3) is 11.0 Å². The summed E-state index contributed by atoms with van der Waals surface area (Å²) in [4.78, 5) is 9.35. The SMILES string of the molecule is CCn1ccnc1CSc1nc2ccccc2n1CCc1ccccc1. The molecule has 2 heterocycles. The highest BCUT2D eigenvalue weighted by molar-refractivity contribution is 7.98. The van der Waals surface area contributed by atoms with Crippen molar-refractivity contribution in [1.82, 2.24) is 19.1 Å². The molecule has 0 amide bonds. The highest BCUT2D eigenvalue weighted by atomic mass is 32.2. The monoisotopic (exact) mass is 362 g/mol. The Morgan fingerprint density at radius 1 is 1.00 bits per heavy atom. The van der Waals surface area contributed by atoms with Crippen LogP contribution in [0, 0.1) is 0 Å². The lowest BCUT2D eigenvalue weighted by molar-refractivity contribution is 0.651. The van der Waals surface area contributed by atoms with Gasteiger partial charge in [-0.3, -0.25) is 0 Å². The van der Waals surface area contributed by atoms with Crippen LogP contribution < -0.4 is 0 Å². The second-order valence-electron chi connectivity index (χ2n) is 6.19. The molecule has 4 aromatic rings. The fourth-order valence-corrected chi connectivity index (χ4v) is 4.17. The zero-order valence-electron chi connectivity index (χ0n) is 14.9. The van der Waals surface area contributed by atoms with E-state index >= 15 is 0 Å². The molecule has 0 atom stereocenters. The second-order valence-corrected chi connectivity index (χ2v) is 7.13. The summed E-state index contributed by atoms with van der Waals surface area (Å²) in [5.41, 5.74) is 3.61. The predicted octanol–water partition coefficient (Wildman–Crippen LogP) is 4.79. The van der Waals surface area contributed by atoms with Crippen LogP contribution >= 0.6 is 11.8 Å². The molecule has 0 aliphatic carbocycles. The molecule has 0 spiro atoms. The number of hydrogen-bond donors (Lipinski definition) is 0. The third-order valence-electron chi connectivity index (χ3n) is 4.56. The lowest BCUT2D eigenvalue weighted by atomic mass is 10.1. The van der Waals surface area contributed by atoms with Crippen molar-refractivity contribution in [3.63, 3.8) is 0 Å². The maximum absolute atomic E-state index is 4.87. The summed E-state index contributed by atoms with van der Waals surface area (Å²) in [6.45, 7) is 4.01. The molecule has 132 valence electrons. The number of thioether (sulfide) groups is 1. The van der Waals surface area contributed by atoms with E-state index in [2.05, 4.69) is 75.6 Å². The van der Waals surface area contributed by atoms with Crippen LogP contribution in [-0.4, -0.2) is 19.1 Å². The summed E-state index contributed by atoms with van der Waals surface area (Å²) in [5.74, 6) is 1.93. The Morgan fingerprint density at radius 2 is 1.81 bits per heavy atom. The van der Waals surface area contributed by atoms with Gasteiger partial charge in [0.1, 0.15) is 5.82 Å². The topological polar surface area (TPSA) is 35.6 Å². The number of para-hydroxylation sites is 2. The van der Waals surface area contributed by atoms with Crippen LogP contribution in [0.3, 0.4) is 0 Å². The van der Waals surface area contributed by atoms with E-state index in [4.69, 9.17) is 4.98 Å². The number of nitrogens with zero attached hydrogens (tertiary/aromatic N) is 4. The van der Waals surface area contributed by atoms with E-state index in [-0.39, 0.29) is 0 Å². The zero-order valence-corrected chi connectivity index (χ0v) is 15.7. The summed E-state index contributed by atoms with van der Waals surface area (Å²) in [7, 11) is 0. The molecule has 4 rings (SSSR count). The van der Waals surface area contributed by atoms with E-state index in [9.17, 15) is 0 Å². The normalized spacial score (nSPS) is 11.3. The smallest absolute Gasteiger partial charge is 0.169 e. The molecule has 0 fully saturated rings. The lowest BCUT2D eigenvalue weighted by Crippen LogP contribution is -2.04. The first-order chi connectivity index (χ1) is 12.8. The Balaban J connectivity index is 1.59. The number of fused-ring (bicyclic) bond motifs is 1. The first kappa shape index (κ1) is 16.9. The van der Waals surface area contributed by atoms with Gasteiger partial charge in [0.2, 0.25) is 0 Å². The molecule has 2 aromatic carbocycles. The van der Waals surface area contributed by atoms with Gasteiger partial charge in [-0.2, -0.15) is 0 Å². The second kappa shape index (κ2) is 7.79. The quantitative estimate of drug-likeness (QED) is 0.444. The molecule has 2 aromatic heterocycles. The standard InChI is InChI=1S/C21H22N4S/c1-2-24-15-13-22-20(24)16-26-21-23-18-10-6-7-11-19(18)25(21)14-12-17-8-4-3-5-9-17/h3-11,13,15H,2,12,14,16H2,1H3. The predicted molar refractivity (Wildman–Crippen MR) is 107 cm³/mol. The van der Waals surface area contributed by atoms with E-state index < -0.39 is 0 Å². The van der Waals surface area contributed by atoms with Crippen molar-refractivity contribution in [2.24, 2.45) is 0 Å². The van der Waals surface area contributed by atoms with E-state index in [0.29, 0.717) is 0 Å². The Labute approximate surface area is 157 Å². The minimum atomic E-state index is 0.829. The molecule has 0 bridgehead atoms. The Morgan fingerprint density at radius 3 is 2.65 bits per heavy atom. The van der Waals surface area contributed by atoms with Gasteiger partial charge in [0.25, 0.3) is 0 Å². The molecule has 4 nitrogen and oxygen atoms in total. The van der Waals surface area contributed by atoms with Crippen molar-refractivity contribution in [2.45, 2.75) is 37.3 Å². The number of hydrogen-bond acceptors (Lipinski definition) is 3. The van der Waals surface area contributed by atoms with Gasteiger partial charge in [-0.15, -0.1) is 0 Å². The minimum Gasteiger partial charge on any atom is -0.335 e. The lowest BCUT2D eigenvalue weighted by Gasteiger charge is -2.09. The van der Waals surface area contributed by atoms with Gasteiger partial charge >= 0.3 is 0 Å². The summed E-state index contributed by atoms with van der Waals surface area (Å²) in [6.07, 6.45) is 4.91. The van der Waals surface area contributed by atoms with Gasteiger partial charge in [0.05, 0.1) is 16.8 Å². The fourth-order valence-electron chi connectivity index (χ4n) is 3.16. The molecule has 0 unspecified atom stereocenters. The number of aryl methyl sites for hydroxylation is 3. The molecular weight excluding hydrogens is 340 g/mol. The van der Waals surface area contributed by atoms with Crippen molar-refractivity contribution in [2.75, 3.05) is 0 Å². The number of aromatic nitrogens is 4. The molecular formula is C21H22N4S. The van der Waals surface area contributed by atoms with Gasteiger partial charge in [0, 0.05) is 25.5 Å². The first-order valence-corrected chi connectivity index (χ1v) is 9.95. The summed E-state index contributed by atoms with van der Waals surface area (Å²) >= 11 is 1.76. The molecule has 26 heavy (non-hydrogen) atoms. The van der Waals surface area contributed by atoms with E-state index in [1.807, 2.05) is 12.4 Å². The van der Waals surface area contributed by atoms with Crippen LogP contribution in [-0.2, 0) is 25.3 Å². The molecule has 0 N–H and O–H groups in total. The van der Waals surface area contributed by atoms with Gasteiger partial charge < -0.3 is 9.13 Å². The Bertz CT molecular complexity index is 988. The maximum Gasteiger partial charge on any atom is 0.169 e. The molecule has 0 saturated carbocycles. The maximum atomic E-state index is 4.87. The molecule has 0 aliphatic heterocycles. The Hall–Kier alpha value is -2.53. The van der Waals surface area contributed by atoms with Crippen LogP contribution in [0.15, 0.2) is 72.1 Å². The van der Waals surface area contributed by atoms with E-state index in [1.165, 1.54) is 11.1 Å². The van der Waals surface area contributed by atoms with Crippen molar-refractivity contribution in [3.05, 3.63) is 78.4 Å². The summed E-state index contributed by atoms with van der Waals surface area (Å²) in [6, 6.07) is 19.0. The minimum absolute atomic E-state index is 0.829. The van der Waals surface area contributed by atoms with Crippen LogP contribution in [0.5, 0.6) is 0 Å². The van der Waals surface area contributed by atoms with Crippen molar-refractivity contribution >= 4 is 22.8 Å². The third-order valence-corrected chi connectivity index (χ3v) is 5.53. The van der Waals surface area contributed by atoms with Crippen LogP contribution in [0.2, 0.25) is 0 Å². The van der Waals surface area contributed by atoms with Crippen LogP contribution in [0.4, 0.5) is 0 Å². The molecule has 0 aliphatic rings. The third kappa shape index (κ3) is 3.53.